The molecule has 0 fully saturated rings. The lowest BCUT2D eigenvalue weighted by atomic mass is 10.2. The third-order valence-electron chi connectivity index (χ3n) is 2.54. The van der Waals surface area contributed by atoms with E-state index in [1.54, 1.807) is 17.1 Å². The minimum absolute atomic E-state index is 0.107. The molecule has 17 heavy (non-hydrogen) atoms. The molecule has 0 saturated heterocycles. The van der Waals surface area contributed by atoms with Crippen molar-refractivity contribution in [2.45, 2.75) is 20.0 Å². The molecule has 2 rings (SSSR count). The maximum atomic E-state index is 8.79. The zero-order valence-electron chi connectivity index (χ0n) is 9.80. The number of rotatable bonds is 5. The summed E-state index contributed by atoms with van der Waals surface area (Å²) in [6.07, 6.45) is 7.32. The van der Waals surface area contributed by atoms with E-state index in [-0.39, 0.29) is 6.61 Å². The lowest BCUT2D eigenvalue weighted by molar-refractivity contribution is 0.269. The Bertz CT molecular complexity index is 481. The van der Waals surface area contributed by atoms with Crippen LogP contribution in [0.2, 0.25) is 0 Å². The first kappa shape index (κ1) is 11.6. The van der Waals surface area contributed by atoms with Crippen molar-refractivity contribution in [2.24, 2.45) is 0 Å². The van der Waals surface area contributed by atoms with Gasteiger partial charge in [0.1, 0.15) is 0 Å². The van der Waals surface area contributed by atoms with E-state index in [4.69, 9.17) is 5.11 Å². The van der Waals surface area contributed by atoms with Crippen molar-refractivity contribution in [1.29, 1.82) is 0 Å². The van der Waals surface area contributed by atoms with Crippen LogP contribution in [0.5, 0.6) is 0 Å². The number of aliphatic hydroxyl groups excluding tert-OH is 1. The summed E-state index contributed by atoms with van der Waals surface area (Å²) >= 11 is 0. The topological polar surface area (TPSA) is 63.0 Å². The van der Waals surface area contributed by atoms with E-state index in [9.17, 15) is 0 Å². The normalized spacial score (nSPS) is 10.5. The van der Waals surface area contributed by atoms with Crippen LogP contribution in [0.4, 0.5) is 5.69 Å². The zero-order valence-corrected chi connectivity index (χ0v) is 9.80. The molecule has 0 atom stereocenters. The van der Waals surface area contributed by atoms with E-state index >= 15 is 0 Å². The first-order valence-corrected chi connectivity index (χ1v) is 5.56. The Morgan fingerprint density at radius 1 is 1.41 bits per heavy atom. The molecule has 0 aliphatic carbocycles. The average Bonchev–Trinajstić information content (AvgIpc) is 2.76. The first-order chi connectivity index (χ1) is 8.29. The second-order valence-corrected chi connectivity index (χ2v) is 3.88. The Kier molecular flexibility index (Phi) is 3.72. The molecule has 5 nitrogen and oxygen atoms in total. The summed E-state index contributed by atoms with van der Waals surface area (Å²) in [5.41, 5.74) is 3.28. The van der Waals surface area contributed by atoms with Crippen molar-refractivity contribution in [2.75, 3.05) is 11.9 Å². The Morgan fingerprint density at radius 3 is 3.06 bits per heavy atom. The number of aromatic nitrogens is 3. The molecule has 0 unspecified atom stereocenters. The fourth-order valence-electron chi connectivity index (χ4n) is 1.57. The van der Waals surface area contributed by atoms with Crippen LogP contribution >= 0.6 is 0 Å². The largest absolute Gasteiger partial charge is 0.394 e. The molecule has 0 amide bonds. The summed E-state index contributed by atoms with van der Waals surface area (Å²) in [7, 11) is 0. The zero-order chi connectivity index (χ0) is 12.1. The van der Waals surface area contributed by atoms with Gasteiger partial charge in [-0.05, 0) is 18.6 Å². The van der Waals surface area contributed by atoms with Crippen molar-refractivity contribution >= 4 is 5.69 Å². The number of nitrogens with zero attached hydrogens (tertiary/aromatic N) is 3. The van der Waals surface area contributed by atoms with E-state index in [2.05, 4.69) is 15.4 Å². The van der Waals surface area contributed by atoms with Crippen LogP contribution in [0.1, 0.15) is 11.1 Å². The van der Waals surface area contributed by atoms with Crippen LogP contribution in [-0.4, -0.2) is 26.5 Å². The van der Waals surface area contributed by atoms with E-state index in [0.717, 1.165) is 11.3 Å². The number of hydrogen-bond acceptors (Lipinski definition) is 4. The Morgan fingerprint density at radius 2 is 2.29 bits per heavy atom. The highest BCUT2D eigenvalue weighted by molar-refractivity contribution is 5.48. The molecule has 2 aromatic heterocycles. The van der Waals surface area contributed by atoms with Gasteiger partial charge in [0.05, 0.1) is 31.2 Å². The molecule has 0 aromatic carbocycles. The second kappa shape index (κ2) is 5.45. The third kappa shape index (κ3) is 3.04. The molecule has 0 spiro atoms. The highest BCUT2D eigenvalue weighted by Crippen LogP contribution is 2.12. The standard InChI is InChI=1S/C12H16N4O/c1-10-2-3-13-8-12(10)14-6-11-7-15-16(9-11)4-5-17/h2-3,7-9,14,17H,4-6H2,1H3. The van der Waals surface area contributed by atoms with Crippen molar-refractivity contribution in [3.8, 4) is 0 Å². The average molecular weight is 232 g/mol. The maximum Gasteiger partial charge on any atom is 0.0640 e. The summed E-state index contributed by atoms with van der Waals surface area (Å²) in [6.45, 7) is 3.39. The molecule has 0 aliphatic rings. The molecule has 0 radical (unpaired) electrons. The van der Waals surface area contributed by atoms with Crippen LogP contribution in [0.25, 0.3) is 0 Å². The number of aryl methyl sites for hydroxylation is 1. The fraction of sp³-hybridized carbons (Fsp3) is 0.333. The van der Waals surface area contributed by atoms with Gasteiger partial charge < -0.3 is 10.4 Å². The van der Waals surface area contributed by atoms with Crippen LogP contribution in [-0.2, 0) is 13.1 Å². The number of aliphatic hydroxyl groups is 1. The lowest BCUT2D eigenvalue weighted by Gasteiger charge is -2.06. The molecule has 90 valence electrons. The Hall–Kier alpha value is -1.88. The van der Waals surface area contributed by atoms with E-state index in [1.165, 1.54) is 5.56 Å². The maximum absolute atomic E-state index is 8.79. The summed E-state index contributed by atoms with van der Waals surface area (Å²) in [5.74, 6) is 0. The molecular formula is C12H16N4O. The minimum Gasteiger partial charge on any atom is -0.394 e. The summed E-state index contributed by atoms with van der Waals surface area (Å²) in [5, 5.41) is 16.2. The van der Waals surface area contributed by atoms with Gasteiger partial charge in [-0.1, -0.05) is 0 Å². The number of pyridine rings is 1. The number of anilines is 1. The van der Waals surface area contributed by atoms with E-state index in [0.29, 0.717) is 13.1 Å². The van der Waals surface area contributed by atoms with E-state index in [1.807, 2.05) is 25.4 Å². The summed E-state index contributed by atoms with van der Waals surface area (Å²) < 4.78 is 1.73. The van der Waals surface area contributed by atoms with Gasteiger partial charge in [-0.2, -0.15) is 5.10 Å². The highest BCUT2D eigenvalue weighted by atomic mass is 16.3. The Balaban J connectivity index is 1.95. The molecule has 2 heterocycles. The lowest BCUT2D eigenvalue weighted by Crippen LogP contribution is -2.02. The predicted octanol–water partition coefficient (Wildman–Crippen LogP) is 1.19. The van der Waals surface area contributed by atoms with Crippen LogP contribution in [0.3, 0.4) is 0 Å². The van der Waals surface area contributed by atoms with Crippen molar-refractivity contribution < 1.29 is 5.11 Å². The van der Waals surface area contributed by atoms with Crippen molar-refractivity contribution in [1.82, 2.24) is 14.8 Å². The number of nitrogens with one attached hydrogen (secondary N) is 1. The van der Waals surface area contributed by atoms with Gasteiger partial charge in [0.15, 0.2) is 0 Å². The molecule has 2 aromatic rings. The minimum atomic E-state index is 0.107. The van der Waals surface area contributed by atoms with Crippen LogP contribution in [0, 0.1) is 6.92 Å². The highest BCUT2D eigenvalue weighted by Gasteiger charge is 2.00. The van der Waals surface area contributed by atoms with Gasteiger partial charge in [-0.3, -0.25) is 9.67 Å². The fourth-order valence-corrected chi connectivity index (χ4v) is 1.57. The quantitative estimate of drug-likeness (QED) is 0.813. The predicted molar refractivity (Wildman–Crippen MR) is 65.6 cm³/mol. The van der Waals surface area contributed by atoms with Gasteiger partial charge >= 0.3 is 0 Å². The van der Waals surface area contributed by atoms with E-state index < -0.39 is 0 Å². The molecule has 2 N–H and O–H groups in total. The van der Waals surface area contributed by atoms with Crippen molar-refractivity contribution in [3.63, 3.8) is 0 Å². The summed E-state index contributed by atoms with van der Waals surface area (Å²) in [4.78, 5) is 4.08. The second-order valence-electron chi connectivity index (χ2n) is 3.88. The van der Waals surface area contributed by atoms with Gasteiger partial charge in [-0.15, -0.1) is 0 Å². The molecule has 0 aliphatic heterocycles. The Labute approximate surface area is 100 Å². The van der Waals surface area contributed by atoms with Crippen molar-refractivity contribution in [3.05, 3.63) is 42.0 Å². The monoisotopic (exact) mass is 232 g/mol. The SMILES string of the molecule is Cc1ccncc1NCc1cnn(CCO)c1. The molecule has 0 saturated carbocycles. The summed E-state index contributed by atoms with van der Waals surface area (Å²) in [6, 6.07) is 1.97. The molecular weight excluding hydrogens is 216 g/mol. The van der Waals surface area contributed by atoms with Gasteiger partial charge in [0.25, 0.3) is 0 Å². The molecule has 0 bridgehead atoms. The van der Waals surface area contributed by atoms with Crippen LogP contribution in [0.15, 0.2) is 30.9 Å². The first-order valence-electron chi connectivity index (χ1n) is 5.56. The molecule has 5 heteroatoms. The van der Waals surface area contributed by atoms with Gasteiger partial charge in [0, 0.05) is 24.5 Å². The van der Waals surface area contributed by atoms with Gasteiger partial charge in [0.2, 0.25) is 0 Å². The third-order valence-corrected chi connectivity index (χ3v) is 2.54. The van der Waals surface area contributed by atoms with Gasteiger partial charge in [-0.25, -0.2) is 0 Å². The smallest absolute Gasteiger partial charge is 0.0640 e. The van der Waals surface area contributed by atoms with Crippen LogP contribution < -0.4 is 5.32 Å². The number of hydrogen-bond donors (Lipinski definition) is 2.